The van der Waals surface area contributed by atoms with Crippen LogP contribution in [0.2, 0.25) is 13.1 Å². The molecule has 6 rings (SSSR count). The Bertz CT molecular complexity index is 1620. The van der Waals surface area contributed by atoms with Gasteiger partial charge in [0.1, 0.15) is 11.5 Å². The molecule has 0 aliphatic rings. The molecule has 0 aromatic heterocycles. The average molecular weight is 747 g/mol. The number of halogens is 2. The summed E-state index contributed by atoms with van der Waals surface area (Å²) in [6.45, 7) is 13.3. The molecule has 0 amide bonds. The molecule has 0 unspecified atom stereocenters. The number of hydrogen-bond acceptors (Lipinski definition) is 2. The van der Waals surface area contributed by atoms with Crippen molar-refractivity contribution in [3.05, 3.63) is 120 Å². The van der Waals surface area contributed by atoms with Crippen LogP contribution in [-0.4, -0.2) is 23.7 Å². The zero-order chi connectivity index (χ0) is 33.6. The molecule has 0 fully saturated rings. The Labute approximate surface area is 297 Å². The van der Waals surface area contributed by atoms with E-state index >= 15 is 0 Å². The van der Waals surface area contributed by atoms with Gasteiger partial charge in [-0.2, -0.15) is 12.1 Å². The van der Waals surface area contributed by atoms with Crippen molar-refractivity contribution in [2.24, 2.45) is 0 Å². The van der Waals surface area contributed by atoms with Crippen molar-refractivity contribution in [3.8, 4) is 33.8 Å². The monoisotopic (exact) mass is 744 g/mol. The van der Waals surface area contributed by atoms with Gasteiger partial charge in [-0.15, -0.1) is 69.1 Å². The molecule has 238 valence electrons. The Morgan fingerprint density at radius 1 is 0.587 bits per heavy atom. The summed E-state index contributed by atoms with van der Waals surface area (Å²) in [6, 6.07) is 38.8. The fourth-order valence-electron chi connectivity index (χ4n) is 5.23. The van der Waals surface area contributed by atoms with Gasteiger partial charge >= 0.3 is 37.9 Å². The quantitative estimate of drug-likeness (QED) is 0.125. The van der Waals surface area contributed by atoms with E-state index in [0.717, 1.165) is 21.0 Å². The normalized spacial score (nSPS) is 10.3. The first kappa shape index (κ1) is 37.8. The van der Waals surface area contributed by atoms with Gasteiger partial charge < -0.3 is 9.47 Å². The van der Waals surface area contributed by atoms with E-state index in [1.54, 1.807) is 14.2 Å². The third kappa shape index (κ3) is 10.2. The van der Waals surface area contributed by atoms with Gasteiger partial charge in [0.2, 0.25) is 0 Å². The van der Waals surface area contributed by atoms with E-state index < -0.39 is 20.8 Å². The SMILES string of the molecule is COc1ccc(-c2cccc3[cH-]c(C(C)C)cc23)cc1.COc1ccc(-c2cccc3[cH-]c(C(C)C)cc23)cc1.C[Si]C.[Cl][Zr+2][Cl]. The van der Waals surface area contributed by atoms with Crippen LogP contribution in [0.3, 0.4) is 0 Å². The Kier molecular flexibility index (Phi) is 15.8. The first-order chi connectivity index (χ1) is 22.2. The third-order valence-electron chi connectivity index (χ3n) is 7.68. The van der Waals surface area contributed by atoms with E-state index in [1.807, 2.05) is 24.3 Å². The van der Waals surface area contributed by atoms with Crippen LogP contribution in [0.4, 0.5) is 0 Å². The second-order valence-corrected chi connectivity index (χ2v) is 16.3. The van der Waals surface area contributed by atoms with Crippen LogP contribution in [0.15, 0.2) is 109 Å². The van der Waals surface area contributed by atoms with Gasteiger partial charge in [-0.25, -0.2) is 0 Å². The number of benzene rings is 4. The Balaban J connectivity index is 0.000000214. The molecule has 6 aromatic carbocycles. The number of rotatable bonds is 6. The zero-order valence-electron chi connectivity index (χ0n) is 28.1. The molecule has 6 heteroatoms. The molecule has 0 spiro atoms. The van der Waals surface area contributed by atoms with Gasteiger partial charge in [-0.1, -0.05) is 88.3 Å². The van der Waals surface area contributed by atoms with Gasteiger partial charge in [0.05, 0.1) is 14.2 Å². The average Bonchev–Trinajstić information content (AvgIpc) is 3.72. The van der Waals surface area contributed by atoms with Crippen LogP contribution in [-0.2, 0) is 20.8 Å². The van der Waals surface area contributed by atoms with Crippen molar-refractivity contribution in [1.82, 2.24) is 0 Å². The first-order valence-corrected chi connectivity index (χ1v) is 23.8. The molecule has 0 saturated heterocycles. The van der Waals surface area contributed by atoms with Gasteiger partial charge in [0.25, 0.3) is 0 Å². The summed E-state index contributed by atoms with van der Waals surface area (Å²) < 4.78 is 10.5. The van der Waals surface area contributed by atoms with E-state index in [2.05, 4.69) is 126 Å². The van der Waals surface area contributed by atoms with Gasteiger partial charge in [-0.3, -0.25) is 0 Å². The molecule has 0 N–H and O–H groups in total. The number of ether oxygens (including phenoxy) is 2. The van der Waals surface area contributed by atoms with E-state index in [4.69, 9.17) is 26.5 Å². The van der Waals surface area contributed by atoms with E-state index in [0.29, 0.717) is 11.8 Å². The second-order valence-electron chi connectivity index (χ2n) is 11.5. The maximum absolute atomic E-state index is 5.23. The Hall–Kier alpha value is -2.62. The van der Waals surface area contributed by atoms with Gasteiger partial charge in [-0.05, 0) is 47.2 Å². The van der Waals surface area contributed by atoms with Crippen LogP contribution in [0.5, 0.6) is 11.5 Å². The fraction of sp³-hybridized carbons (Fsp3) is 0.250. The summed E-state index contributed by atoms with van der Waals surface area (Å²) in [6.07, 6.45) is 0. The summed E-state index contributed by atoms with van der Waals surface area (Å²) in [5.41, 5.74) is 7.85. The molecule has 2 nitrogen and oxygen atoms in total. The predicted octanol–water partition coefficient (Wildman–Crippen LogP) is 12.9. The minimum atomic E-state index is -0.826. The summed E-state index contributed by atoms with van der Waals surface area (Å²) >= 11 is -0.826. The molecule has 46 heavy (non-hydrogen) atoms. The summed E-state index contributed by atoms with van der Waals surface area (Å²) in [4.78, 5) is 0. The standard InChI is InChI=1S/2C19H19O.C2H6Si.2ClH.Zr/c2*1-13(2)16-11-15-5-4-6-18(19(15)12-16)14-7-9-17(20-3)10-8-14;1-3-2;;;/h2*4-13H,1-3H3;1-2H3;2*1H;/q2*-1;;;;+4/p-2. The van der Waals surface area contributed by atoms with Crippen molar-refractivity contribution in [2.45, 2.75) is 52.6 Å². The van der Waals surface area contributed by atoms with Crippen LogP contribution < -0.4 is 9.47 Å². The molecule has 0 aliphatic carbocycles. The number of hydrogen-bond donors (Lipinski definition) is 0. The summed E-state index contributed by atoms with van der Waals surface area (Å²) in [5, 5.41) is 5.31. The molecule has 0 heterocycles. The molecule has 0 bridgehead atoms. The van der Waals surface area contributed by atoms with Crippen molar-refractivity contribution in [2.75, 3.05) is 14.2 Å². The van der Waals surface area contributed by atoms with E-state index in [9.17, 15) is 0 Å². The minimum absolute atomic E-state index is 0.561. The molecular formula is C40H44Cl2O2SiZr. The number of methoxy groups -OCH3 is 2. The van der Waals surface area contributed by atoms with Crippen molar-refractivity contribution < 1.29 is 30.3 Å². The second kappa shape index (κ2) is 19.3. The molecule has 0 atom stereocenters. The molecule has 0 saturated carbocycles. The van der Waals surface area contributed by atoms with Gasteiger partial charge in [0, 0.05) is 9.52 Å². The van der Waals surface area contributed by atoms with Crippen LogP contribution in [0.1, 0.15) is 50.7 Å². The van der Waals surface area contributed by atoms with Crippen molar-refractivity contribution in [1.29, 1.82) is 0 Å². The molecular weight excluding hydrogens is 703 g/mol. The maximum atomic E-state index is 5.23. The molecule has 6 aromatic rings. The van der Waals surface area contributed by atoms with Crippen LogP contribution >= 0.6 is 17.0 Å². The summed E-state index contributed by atoms with van der Waals surface area (Å²) in [5.74, 6) is 2.91. The van der Waals surface area contributed by atoms with Crippen molar-refractivity contribution in [3.63, 3.8) is 0 Å². The predicted molar refractivity (Wildman–Crippen MR) is 200 cm³/mol. The Morgan fingerprint density at radius 3 is 1.20 bits per heavy atom. The van der Waals surface area contributed by atoms with Crippen LogP contribution in [0, 0.1) is 0 Å². The topological polar surface area (TPSA) is 18.5 Å². The van der Waals surface area contributed by atoms with E-state index in [-0.39, 0.29) is 0 Å². The zero-order valence-corrected chi connectivity index (χ0v) is 33.1. The third-order valence-corrected chi connectivity index (χ3v) is 7.68. The van der Waals surface area contributed by atoms with Gasteiger partial charge in [0.15, 0.2) is 0 Å². The van der Waals surface area contributed by atoms with Crippen LogP contribution in [0.25, 0.3) is 43.8 Å². The van der Waals surface area contributed by atoms with Crippen molar-refractivity contribution >= 4 is 48.1 Å². The fourth-order valence-corrected chi connectivity index (χ4v) is 5.23. The molecule has 2 radical (unpaired) electrons. The first-order valence-electron chi connectivity index (χ1n) is 15.4. The molecule has 0 aliphatic heterocycles. The Morgan fingerprint density at radius 2 is 0.913 bits per heavy atom. The summed E-state index contributed by atoms with van der Waals surface area (Å²) in [7, 11) is 14.3. The van der Waals surface area contributed by atoms with E-state index in [1.165, 1.54) is 54.9 Å². The number of fused-ring (bicyclic) bond motifs is 2.